The normalized spacial score (nSPS) is 26.0. The lowest BCUT2D eigenvalue weighted by Gasteiger charge is -2.38. The van der Waals surface area contributed by atoms with Gasteiger partial charge in [-0.1, -0.05) is 26.8 Å². The van der Waals surface area contributed by atoms with Crippen LogP contribution in [0.25, 0.3) is 0 Å². The van der Waals surface area contributed by atoms with Crippen molar-refractivity contribution in [1.82, 2.24) is 0 Å². The lowest BCUT2D eigenvalue weighted by molar-refractivity contribution is -0.192. The number of methoxy groups -OCH3 is 1. The van der Waals surface area contributed by atoms with Gasteiger partial charge in [-0.15, -0.1) is 22.9 Å². The Morgan fingerprint density at radius 1 is 1.21 bits per heavy atom. The molecule has 0 amide bonds. The molecule has 238 valence electrons. The summed E-state index contributed by atoms with van der Waals surface area (Å²) in [4.78, 5) is 26.6. The number of rotatable bonds is 15. The van der Waals surface area contributed by atoms with Gasteiger partial charge in [0.2, 0.25) is 0 Å². The van der Waals surface area contributed by atoms with Crippen molar-refractivity contribution in [1.29, 1.82) is 0 Å². The zero-order valence-corrected chi connectivity index (χ0v) is 29.4. The molecule has 1 saturated heterocycles. The van der Waals surface area contributed by atoms with Gasteiger partial charge in [0.1, 0.15) is 4.88 Å². The Bertz CT molecular complexity index is 1030. The molecule has 0 spiro atoms. The van der Waals surface area contributed by atoms with Gasteiger partial charge in [-0.3, -0.25) is 4.79 Å². The van der Waals surface area contributed by atoms with Crippen molar-refractivity contribution in [3.8, 4) is 0 Å². The highest BCUT2D eigenvalue weighted by molar-refractivity contribution is 7.13. The predicted octanol–water partition coefficient (Wildman–Crippen LogP) is 8.72. The molecule has 1 saturated carbocycles. The lowest BCUT2D eigenvalue weighted by atomic mass is 9.89. The SMILES string of the molecule is COC(=O)c1ccc(CCC[C@@H]2[C@@H](C=CC(=O)CCC[C@H](C)O[Si](C)(C)C(C)(C)C)[C@H](OC3CCCCO3)C[C@H]2Cl)s1. The molecular formula is C33H53ClO6SSi. The first kappa shape index (κ1) is 35.4. The molecule has 1 aromatic rings. The molecule has 0 aromatic carbocycles. The van der Waals surface area contributed by atoms with Crippen LogP contribution in [-0.2, 0) is 29.9 Å². The van der Waals surface area contributed by atoms with E-state index in [4.69, 9.17) is 30.2 Å². The number of hydrogen-bond acceptors (Lipinski definition) is 7. The number of ketones is 1. The Hall–Kier alpha value is -1.03. The smallest absolute Gasteiger partial charge is 0.348 e. The Morgan fingerprint density at radius 2 is 1.98 bits per heavy atom. The molecule has 1 unspecified atom stereocenters. The summed E-state index contributed by atoms with van der Waals surface area (Å²) in [7, 11) is -0.408. The largest absolute Gasteiger partial charge is 0.465 e. The van der Waals surface area contributed by atoms with Gasteiger partial charge in [0.15, 0.2) is 20.4 Å². The minimum absolute atomic E-state index is 0.0226. The maximum Gasteiger partial charge on any atom is 0.348 e. The van der Waals surface area contributed by atoms with E-state index in [0.717, 1.165) is 69.3 Å². The topological polar surface area (TPSA) is 71.1 Å². The molecule has 1 aliphatic heterocycles. The van der Waals surface area contributed by atoms with Crippen molar-refractivity contribution in [2.24, 2.45) is 11.8 Å². The molecule has 0 radical (unpaired) electrons. The summed E-state index contributed by atoms with van der Waals surface area (Å²) in [6.45, 7) is 14.2. The number of thiophene rings is 1. The van der Waals surface area contributed by atoms with Crippen LogP contribution in [0.3, 0.4) is 0 Å². The molecule has 2 fully saturated rings. The molecule has 6 nitrogen and oxygen atoms in total. The molecule has 2 heterocycles. The highest BCUT2D eigenvalue weighted by Gasteiger charge is 2.43. The summed E-state index contributed by atoms with van der Waals surface area (Å²) in [5, 5.41) is 0.153. The van der Waals surface area contributed by atoms with Crippen LogP contribution < -0.4 is 0 Å². The van der Waals surface area contributed by atoms with E-state index in [1.54, 1.807) is 6.08 Å². The molecule has 1 aliphatic carbocycles. The van der Waals surface area contributed by atoms with E-state index in [0.29, 0.717) is 11.3 Å². The zero-order chi connectivity index (χ0) is 30.9. The second-order valence-corrected chi connectivity index (χ2v) is 20.0. The summed E-state index contributed by atoms with van der Waals surface area (Å²) < 4.78 is 23.7. The molecule has 0 bridgehead atoms. The number of carbonyl (C=O) groups is 2. The maximum atomic E-state index is 12.9. The Morgan fingerprint density at radius 3 is 2.64 bits per heavy atom. The number of allylic oxidation sites excluding steroid dienone is 1. The fourth-order valence-corrected chi connectivity index (χ4v) is 8.62. The Balaban J connectivity index is 1.57. The molecule has 1 aromatic heterocycles. The number of esters is 1. The summed E-state index contributed by atoms with van der Waals surface area (Å²) in [6, 6.07) is 3.83. The Kier molecular flexibility index (Phi) is 13.8. The van der Waals surface area contributed by atoms with Gasteiger partial charge in [-0.25, -0.2) is 4.79 Å². The van der Waals surface area contributed by atoms with Crippen LogP contribution in [0.5, 0.6) is 0 Å². The van der Waals surface area contributed by atoms with Gasteiger partial charge in [0.05, 0.1) is 13.2 Å². The summed E-state index contributed by atoms with van der Waals surface area (Å²) in [5.41, 5.74) is 0. The second-order valence-electron chi connectivity index (χ2n) is 13.5. The highest BCUT2D eigenvalue weighted by Crippen LogP contribution is 2.43. The van der Waals surface area contributed by atoms with Crippen LogP contribution >= 0.6 is 22.9 Å². The standard InChI is InChI=1S/C33H53ClO6SSi/c1-23(40-42(6,7)33(2,3)4)12-10-13-24(35)17-19-27-26(15-11-14-25-18-20-30(41-25)32(36)37-5)28(34)22-29(27)39-31-16-8-9-21-38-31/h17-20,23,26-29,31H,8-16,21-22H2,1-7H3/t23-,26+,27+,28+,29+,31?/m0/s1. The number of carbonyl (C=O) groups excluding carboxylic acids is 2. The number of hydrogen-bond donors (Lipinski definition) is 0. The van der Waals surface area contributed by atoms with Gasteiger partial charge >= 0.3 is 5.97 Å². The molecule has 3 rings (SSSR count). The van der Waals surface area contributed by atoms with E-state index < -0.39 is 8.32 Å². The van der Waals surface area contributed by atoms with E-state index in [1.165, 1.54) is 18.4 Å². The summed E-state index contributed by atoms with van der Waals surface area (Å²) in [5.74, 6) is 0.132. The quantitative estimate of drug-likeness (QED) is 0.0826. The maximum absolute atomic E-state index is 12.9. The van der Waals surface area contributed by atoms with Gasteiger partial charge < -0.3 is 18.6 Å². The van der Waals surface area contributed by atoms with Crippen molar-refractivity contribution in [2.45, 2.75) is 134 Å². The van der Waals surface area contributed by atoms with E-state index >= 15 is 0 Å². The average molecular weight is 641 g/mol. The predicted molar refractivity (Wildman–Crippen MR) is 174 cm³/mol. The third kappa shape index (κ3) is 10.6. The third-order valence-corrected chi connectivity index (χ3v) is 15.4. The highest BCUT2D eigenvalue weighted by atomic mass is 35.5. The minimum atomic E-state index is -1.81. The summed E-state index contributed by atoms with van der Waals surface area (Å²) in [6.07, 6.45) is 12.5. The van der Waals surface area contributed by atoms with Crippen LogP contribution in [0.15, 0.2) is 24.3 Å². The first-order chi connectivity index (χ1) is 19.8. The number of alkyl halides is 1. The van der Waals surface area contributed by atoms with Crippen molar-refractivity contribution >= 4 is 43.0 Å². The number of ether oxygens (including phenoxy) is 3. The molecule has 6 atom stereocenters. The number of aryl methyl sites for hydroxylation is 1. The number of halogens is 1. The van der Waals surface area contributed by atoms with Crippen LogP contribution in [0.4, 0.5) is 0 Å². The second kappa shape index (κ2) is 16.3. The fourth-order valence-electron chi connectivity index (χ4n) is 5.71. The average Bonchev–Trinajstić information content (AvgIpc) is 3.51. The van der Waals surface area contributed by atoms with Crippen molar-refractivity contribution in [3.05, 3.63) is 34.0 Å². The van der Waals surface area contributed by atoms with E-state index in [-0.39, 0.29) is 52.5 Å². The minimum Gasteiger partial charge on any atom is -0.465 e. The molecule has 2 aliphatic rings. The van der Waals surface area contributed by atoms with Gasteiger partial charge in [0, 0.05) is 35.3 Å². The Labute approximate surface area is 264 Å². The monoisotopic (exact) mass is 640 g/mol. The van der Waals surface area contributed by atoms with Crippen LogP contribution in [0.1, 0.15) is 100 Å². The van der Waals surface area contributed by atoms with Gasteiger partial charge in [-0.05, 0) is 107 Å². The zero-order valence-electron chi connectivity index (χ0n) is 26.8. The van der Waals surface area contributed by atoms with Crippen LogP contribution in [0, 0.1) is 11.8 Å². The fraction of sp³-hybridized carbons (Fsp3) is 0.758. The first-order valence-electron chi connectivity index (χ1n) is 15.8. The van der Waals surface area contributed by atoms with Crippen molar-refractivity contribution < 1.29 is 28.2 Å². The first-order valence-corrected chi connectivity index (χ1v) is 19.9. The molecule has 9 heteroatoms. The molecule has 0 N–H and O–H groups in total. The van der Waals surface area contributed by atoms with Crippen LogP contribution in [-0.4, -0.2) is 57.7 Å². The van der Waals surface area contributed by atoms with Crippen LogP contribution in [0.2, 0.25) is 18.1 Å². The van der Waals surface area contributed by atoms with Gasteiger partial charge in [0.25, 0.3) is 0 Å². The molecular weight excluding hydrogens is 588 g/mol. The summed E-state index contributed by atoms with van der Waals surface area (Å²) >= 11 is 8.43. The molecule has 42 heavy (non-hydrogen) atoms. The third-order valence-electron chi connectivity index (χ3n) is 9.16. The van der Waals surface area contributed by atoms with E-state index in [2.05, 4.69) is 46.9 Å². The van der Waals surface area contributed by atoms with Gasteiger partial charge in [-0.2, -0.15) is 0 Å². The van der Waals surface area contributed by atoms with Crippen molar-refractivity contribution in [2.75, 3.05) is 13.7 Å². The van der Waals surface area contributed by atoms with Crippen molar-refractivity contribution in [3.63, 3.8) is 0 Å². The van der Waals surface area contributed by atoms with E-state index in [1.807, 2.05) is 12.1 Å². The van der Waals surface area contributed by atoms with E-state index in [9.17, 15) is 9.59 Å². The lowest BCUT2D eigenvalue weighted by Crippen LogP contribution is -2.43.